The van der Waals surface area contributed by atoms with Crippen molar-refractivity contribution in [3.8, 4) is 17.0 Å². The van der Waals surface area contributed by atoms with Gasteiger partial charge in [-0.05, 0) is 52.9 Å². The molecule has 7 nitrogen and oxygen atoms in total. The summed E-state index contributed by atoms with van der Waals surface area (Å²) in [6.45, 7) is 4.42. The van der Waals surface area contributed by atoms with Gasteiger partial charge in [0.25, 0.3) is 0 Å². The maximum atomic E-state index is 12.5. The van der Waals surface area contributed by atoms with Gasteiger partial charge < -0.3 is 15.2 Å². The van der Waals surface area contributed by atoms with Crippen molar-refractivity contribution in [2.24, 2.45) is 0 Å². The smallest absolute Gasteiger partial charge is 0.387 e. The first-order valence-electron chi connectivity index (χ1n) is 10.8. The van der Waals surface area contributed by atoms with E-state index in [4.69, 9.17) is 0 Å². The van der Waals surface area contributed by atoms with Crippen LogP contribution in [0.5, 0.6) is 5.75 Å². The summed E-state index contributed by atoms with van der Waals surface area (Å²) in [6.07, 6.45) is 2.09. The fourth-order valence-electron chi connectivity index (χ4n) is 3.26. The molecular weight excluding hydrogens is 462 g/mol. The zero-order chi connectivity index (χ0) is 25.1. The Hall–Kier alpha value is -2.56. The number of alkyl halides is 2. The Bertz CT molecular complexity index is 1140. The van der Waals surface area contributed by atoms with Crippen molar-refractivity contribution in [2.75, 3.05) is 18.6 Å². The van der Waals surface area contributed by atoms with E-state index >= 15 is 0 Å². The maximum Gasteiger partial charge on any atom is 0.387 e. The Balaban J connectivity index is 0.000000396. The molecule has 4 rings (SSSR count). The molecule has 1 aromatic carbocycles. The number of thioether (sulfide) groups is 1. The van der Waals surface area contributed by atoms with Crippen LogP contribution in [-0.4, -0.2) is 62.5 Å². The first kappa shape index (κ1) is 26.1. The average molecular weight is 493 g/mol. The lowest BCUT2D eigenvalue weighted by atomic mass is 10.0. The monoisotopic (exact) mass is 492 g/mol. The largest absolute Gasteiger partial charge is 0.435 e. The van der Waals surface area contributed by atoms with Crippen molar-refractivity contribution in [1.29, 1.82) is 0 Å². The van der Waals surface area contributed by atoms with Gasteiger partial charge in [-0.1, -0.05) is 12.1 Å². The summed E-state index contributed by atoms with van der Waals surface area (Å²) >= 11 is 2.01. The Morgan fingerprint density at radius 2 is 2.03 bits per heavy atom. The number of rotatable bonds is 7. The van der Waals surface area contributed by atoms with E-state index in [1.54, 1.807) is 43.7 Å². The standard InChI is InChI=1S/C19H19F2N3O3.C5H11NS/c1-11(19(2,3)26)24-15-7-12(10-25)9-22-17(15)16(23-24)13-5-4-6-14(8-13)27-18(20)21;1-5(6-2)3-7-4-5/h4-11,18,26H,1-3H3;6H,3-4H2,1-2H3. The van der Waals surface area contributed by atoms with Gasteiger partial charge in [-0.15, -0.1) is 0 Å². The molecule has 0 amide bonds. The molecule has 0 spiro atoms. The van der Waals surface area contributed by atoms with Crippen LogP contribution in [0.1, 0.15) is 44.1 Å². The van der Waals surface area contributed by atoms with Crippen LogP contribution >= 0.6 is 11.8 Å². The molecule has 1 unspecified atom stereocenters. The van der Waals surface area contributed by atoms with Gasteiger partial charge in [-0.3, -0.25) is 14.5 Å². The number of halogens is 2. The molecule has 3 aromatic rings. The van der Waals surface area contributed by atoms with E-state index in [0.717, 1.165) is 0 Å². The number of hydrogen-bond donors (Lipinski definition) is 2. The van der Waals surface area contributed by atoms with Gasteiger partial charge in [0.1, 0.15) is 17.0 Å². The lowest BCUT2D eigenvalue weighted by Gasteiger charge is -2.37. The fraction of sp³-hybridized carbons (Fsp3) is 0.458. The molecule has 2 aromatic heterocycles. The molecular formula is C24H30F2N4O3S. The van der Waals surface area contributed by atoms with Crippen molar-refractivity contribution in [3.63, 3.8) is 0 Å². The molecule has 2 N–H and O–H groups in total. The van der Waals surface area contributed by atoms with Crippen LogP contribution in [0.15, 0.2) is 36.5 Å². The number of nitrogens with zero attached hydrogens (tertiary/aromatic N) is 3. The van der Waals surface area contributed by atoms with Gasteiger partial charge >= 0.3 is 6.61 Å². The van der Waals surface area contributed by atoms with Crippen LogP contribution in [0.25, 0.3) is 22.3 Å². The van der Waals surface area contributed by atoms with Crippen molar-refractivity contribution >= 4 is 29.1 Å². The van der Waals surface area contributed by atoms with Crippen molar-refractivity contribution in [1.82, 2.24) is 20.1 Å². The van der Waals surface area contributed by atoms with Gasteiger partial charge in [0.15, 0.2) is 6.29 Å². The Morgan fingerprint density at radius 3 is 2.53 bits per heavy atom. The number of pyridine rings is 1. The molecule has 0 bridgehead atoms. The number of aromatic nitrogens is 3. The molecule has 184 valence electrons. The minimum atomic E-state index is -2.93. The Morgan fingerprint density at radius 1 is 1.32 bits per heavy atom. The number of carbonyl (C=O) groups is 1. The molecule has 1 atom stereocenters. The average Bonchev–Trinajstić information content (AvgIpc) is 3.15. The molecule has 1 fully saturated rings. The second-order valence-corrected chi connectivity index (χ2v) is 10.1. The zero-order valence-corrected chi connectivity index (χ0v) is 20.7. The normalized spacial score (nSPS) is 15.9. The topological polar surface area (TPSA) is 89.3 Å². The molecule has 10 heteroatoms. The quantitative estimate of drug-likeness (QED) is 0.468. The van der Waals surface area contributed by atoms with E-state index in [1.165, 1.54) is 29.8 Å². The van der Waals surface area contributed by atoms with Crippen LogP contribution < -0.4 is 10.1 Å². The summed E-state index contributed by atoms with van der Waals surface area (Å²) in [6, 6.07) is 7.35. The summed E-state index contributed by atoms with van der Waals surface area (Å²) in [5.74, 6) is 2.57. The fourth-order valence-corrected chi connectivity index (χ4v) is 4.37. The highest BCUT2D eigenvalue weighted by Crippen LogP contribution is 2.33. The molecule has 0 saturated carbocycles. The highest BCUT2D eigenvalue weighted by Gasteiger charge is 2.30. The Labute approximate surface area is 201 Å². The van der Waals surface area contributed by atoms with Crippen molar-refractivity contribution in [3.05, 3.63) is 42.1 Å². The highest BCUT2D eigenvalue weighted by molar-refractivity contribution is 8.00. The number of aliphatic hydroxyl groups is 1. The van der Waals surface area contributed by atoms with E-state index in [-0.39, 0.29) is 5.75 Å². The number of nitrogens with one attached hydrogen (secondary N) is 1. The third-order valence-corrected chi connectivity index (χ3v) is 7.55. The van der Waals surface area contributed by atoms with E-state index in [0.29, 0.717) is 39.7 Å². The Kier molecular flexibility index (Phi) is 7.95. The zero-order valence-electron chi connectivity index (χ0n) is 19.9. The molecule has 1 aliphatic rings. The third kappa shape index (κ3) is 5.92. The summed E-state index contributed by atoms with van der Waals surface area (Å²) < 4.78 is 31.1. The number of fused-ring (bicyclic) bond motifs is 1. The van der Waals surface area contributed by atoms with Gasteiger partial charge in [0.05, 0.1) is 17.2 Å². The number of carbonyl (C=O) groups excluding carboxylic acids is 1. The van der Waals surface area contributed by atoms with Gasteiger partial charge in [0.2, 0.25) is 0 Å². The molecule has 0 aliphatic carbocycles. The van der Waals surface area contributed by atoms with Crippen LogP contribution in [0.2, 0.25) is 0 Å². The van der Waals surface area contributed by atoms with Crippen molar-refractivity contribution < 1.29 is 23.4 Å². The van der Waals surface area contributed by atoms with Crippen LogP contribution in [0.3, 0.4) is 0 Å². The van der Waals surface area contributed by atoms with E-state index in [9.17, 15) is 18.7 Å². The SMILES string of the molecule is CC(n1nc(-c2cccc(OC(F)F)c2)c2ncc(C=O)cc21)C(C)(C)O.CNC1(C)CSC1. The molecule has 0 radical (unpaired) electrons. The van der Waals surface area contributed by atoms with Gasteiger partial charge in [-0.25, -0.2) is 0 Å². The summed E-state index contributed by atoms with van der Waals surface area (Å²) in [5, 5.41) is 18.2. The first-order chi connectivity index (χ1) is 16.0. The first-order valence-corrected chi connectivity index (χ1v) is 12.0. The van der Waals surface area contributed by atoms with Crippen LogP contribution in [-0.2, 0) is 0 Å². The van der Waals surface area contributed by atoms with E-state index < -0.39 is 18.3 Å². The lowest BCUT2D eigenvalue weighted by molar-refractivity contribution is -0.0498. The summed E-state index contributed by atoms with van der Waals surface area (Å²) in [7, 11) is 2.03. The number of aldehydes is 1. The number of hydrogen-bond acceptors (Lipinski definition) is 7. The molecule has 1 saturated heterocycles. The van der Waals surface area contributed by atoms with E-state index in [1.807, 2.05) is 18.8 Å². The molecule has 34 heavy (non-hydrogen) atoms. The number of benzene rings is 1. The van der Waals surface area contributed by atoms with Gasteiger partial charge in [0, 0.05) is 34.4 Å². The van der Waals surface area contributed by atoms with Crippen LogP contribution in [0, 0.1) is 0 Å². The minimum absolute atomic E-state index is 0.00486. The second kappa shape index (κ2) is 10.4. The molecule has 1 aliphatic heterocycles. The van der Waals surface area contributed by atoms with Crippen LogP contribution in [0.4, 0.5) is 8.78 Å². The molecule has 3 heterocycles. The maximum absolute atomic E-state index is 12.5. The lowest BCUT2D eigenvalue weighted by Crippen LogP contribution is -2.51. The minimum Gasteiger partial charge on any atom is -0.435 e. The predicted molar refractivity (Wildman–Crippen MR) is 131 cm³/mol. The van der Waals surface area contributed by atoms with Crippen molar-refractivity contribution in [2.45, 2.75) is 51.5 Å². The van der Waals surface area contributed by atoms with Gasteiger partial charge in [-0.2, -0.15) is 25.6 Å². The number of ether oxygens (including phenoxy) is 1. The summed E-state index contributed by atoms with van der Waals surface area (Å²) in [4.78, 5) is 15.5. The second-order valence-electron chi connectivity index (χ2n) is 9.09. The van der Waals surface area contributed by atoms with E-state index in [2.05, 4.69) is 27.1 Å². The predicted octanol–water partition coefficient (Wildman–Crippen LogP) is 4.56. The summed E-state index contributed by atoms with van der Waals surface area (Å²) in [5.41, 5.74) is 1.78. The highest BCUT2D eigenvalue weighted by atomic mass is 32.2. The third-order valence-electron chi connectivity index (χ3n) is 5.87.